The third-order valence-electron chi connectivity index (χ3n) is 4.97. The Morgan fingerprint density at radius 3 is 2.38 bits per heavy atom. The summed E-state index contributed by atoms with van der Waals surface area (Å²) in [7, 11) is 0. The molecule has 0 heterocycles. The van der Waals surface area contributed by atoms with Gasteiger partial charge in [0.25, 0.3) is 5.91 Å². The summed E-state index contributed by atoms with van der Waals surface area (Å²) in [4.78, 5) is 24.6. The molecule has 140 valence electrons. The Hall–Kier alpha value is -2.35. The van der Waals surface area contributed by atoms with Crippen LogP contribution in [0.15, 0.2) is 18.2 Å². The molecule has 1 amide bonds. The highest BCUT2D eigenvalue weighted by Crippen LogP contribution is 2.29. The average Bonchev–Trinajstić information content (AvgIpc) is 3.07. The lowest BCUT2D eigenvalue weighted by atomic mass is 9.91. The monoisotopic (exact) mass is 356 g/mol. The SMILES string of the molecule is CC(C)c1ccc(C(=O)OCC(=O)NC2(C#N)CCCC2)c(C(C)C)c1. The lowest BCUT2D eigenvalue weighted by Crippen LogP contribution is -2.46. The van der Waals surface area contributed by atoms with Gasteiger partial charge in [0, 0.05) is 0 Å². The maximum Gasteiger partial charge on any atom is 0.338 e. The maximum atomic E-state index is 12.5. The van der Waals surface area contributed by atoms with Crippen LogP contribution in [-0.4, -0.2) is 24.0 Å². The molecule has 2 rings (SSSR count). The van der Waals surface area contributed by atoms with Crippen LogP contribution in [0.3, 0.4) is 0 Å². The first-order chi connectivity index (χ1) is 12.3. The zero-order valence-corrected chi connectivity index (χ0v) is 16.1. The van der Waals surface area contributed by atoms with Gasteiger partial charge in [0.05, 0.1) is 11.6 Å². The second-order valence-corrected chi connectivity index (χ2v) is 7.68. The van der Waals surface area contributed by atoms with E-state index in [0.717, 1.165) is 18.4 Å². The second kappa shape index (κ2) is 8.35. The van der Waals surface area contributed by atoms with Gasteiger partial charge in [-0.3, -0.25) is 4.79 Å². The van der Waals surface area contributed by atoms with E-state index in [-0.39, 0.29) is 12.5 Å². The summed E-state index contributed by atoms with van der Waals surface area (Å²) in [6.45, 7) is 7.90. The van der Waals surface area contributed by atoms with Crippen LogP contribution in [-0.2, 0) is 9.53 Å². The topological polar surface area (TPSA) is 79.2 Å². The van der Waals surface area contributed by atoms with Gasteiger partial charge in [-0.05, 0) is 54.7 Å². The minimum absolute atomic E-state index is 0.172. The number of nitrogens with one attached hydrogen (secondary N) is 1. The molecule has 0 bridgehead atoms. The molecule has 1 aliphatic carbocycles. The number of nitriles is 1. The molecule has 0 unspecified atom stereocenters. The van der Waals surface area contributed by atoms with E-state index in [2.05, 4.69) is 25.2 Å². The van der Waals surface area contributed by atoms with Crippen LogP contribution in [0.2, 0.25) is 0 Å². The Morgan fingerprint density at radius 2 is 1.85 bits per heavy atom. The molecule has 1 aromatic rings. The lowest BCUT2D eigenvalue weighted by molar-refractivity contribution is -0.125. The van der Waals surface area contributed by atoms with Crippen molar-refractivity contribution in [3.05, 3.63) is 34.9 Å². The molecule has 1 fully saturated rings. The Labute approximate surface area is 155 Å². The number of hydrogen-bond donors (Lipinski definition) is 1. The fourth-order valence-corrected chi connectivity index (χ4v) is 3.36. The van der Waals surface area contributed by atoms with E-state index in [1.165, 1.54) is 5.56 Å². The van der Waals surface area contributed by atoms with E-state index < -0.39 is 17.4 Å². The molecule has 0 saturated heterocycles. The smallest absolute Gasteiger partial charge is 0.338 e. The molecule has 1 N–H and O–H groups in total. The molecule has 0 atom stereocenters. The van der Waals surface area contributed by atoms with E-state index in [9.17, 15) is 14.9 Å². The number of amides is 1. The maximum absolute atomic E-state index is 12.5. The molecular weight excluding hydrogens is 328 g/mol. The lowest BCUT2D eigenvalue weighted by Gasteiger charge is -2.22. The van der Waals surface area contributed by atoms with Crippen molar-refractivity contribution in [2.24, 2.45) is 0 Å². The van der Waals surface area contributed by atoms with Crippen molar-refractivity contribution in [1.82, 2.24) is 5.32 Å². The van der Waals surface area contributed by atoms with Crippen molar-refractivity contribution in [3.63, 3.8) is 0 Å². The molecule has 1 aliphatic rings. The van der Waals surface area contributed by atoms with Gasteiger partial charge in [-0.25, -0.2) is 4.79 Å². The van der Waals surface area contributed by atoms with Crippen molar-refractivity contribution >= 4 is 11.9 Å². The molecule has 1 aromatic carbocycles. The van der Waals surface area contributed by atoms with Crippen LogP contribution in [0, 0.1) is 11.3 Å². The summed E-state index contributed by atoms with van der Waals surface area (Å²) in [5.74, 6) is -0.384. The van der Waals surface area contributed by atoms with Crippen LogP contribution in [0.4, 0.5) is 0 Å². The van der Waals surface area contributed by atoms with E-state index >= 15 is 0 Å². The van der Waals surface area contributed by atoms with E-state index in [4.69, 9.17) is 4.74 Å². The molecule has 0 aliphatic heterocycles. The minimum Gasteiger partial charge on any atom is -0.452 e. The van der Waals surface area contributed by atoms with Gasteiger partial charge in [0.1, 0.15) is 5.54 Å². The number of benzene rings is 1. The molecule has 5 nitrogen and oxygen atoms in total. The summed E-state index contributed by atoms with van der Waals surface area (Å²) in [5.41, 5.74) is 1.78. The predicted molar refractivity (Wildman–Crippen MR) is 99.9 cm³/mol. The van der Waals surface area contributed by atoms with Crippen LogP contribution < -0.4 is 5.32 Å². The van der Waals surface area contributed by atoms with Gasteiger partial charge >= 0.3 is 5.97 Å². The number of esters is 1. The summed E-state index contributed by atoms with van der Waals surface area (Å²) < 4.78 is 5.22. The minimum atomic E-state index is -0.800. The zero-order chi connectivity index (χ0) is 19.3. The molecule has 1 saturated carbocycles. The Morgan fingerprint density at radius 1 is 1.19 bits per heavy atom. The largest absolute Gasteiger partial charge is 0.452 e. The van der Waals surface area contributed by atoms with Gasteiger partial charge in [-0.15, -0.1) is 0 Å². The van der Waals surface area contributed by atoms with Crippen LogP contribution >= 0.6 is 0 Å². The number of rotatable bonds is 6. The summed E-state index contributed by atoms with van der Waals surface area (Å²) in [6, 6.07) is 7.94. The van der Waals surface area contributed by atoms with Crippen LogP contribution in [0.1, 0.15) is 86.7 Å². The third kappa shape index (κ3) is 4.63. The summed E-state index contributed by atoms with van der Waals surface area (Å²) in [5, 5.41) is 12.0. The van der Waals surface area contributed by atoms with Crippen molar-refractivity contribution in [2.45, 2.75) is 70.8 Å². The molecule has 5 heteroatoms. The van der Waals surface area contributed by atoms with Gasteiger partial charge in [-0.1, -0.05) is 39.8 Å². The first-order valence-corrected chi connectivity index (χ1v) is 9.31. The molecule has 0 aromatic heterocycles. The number of ether oxygens (including phenoxy) is 1. The zero-order valence-electron chi connectivity index (χ0n) is 16.1. The normalized spacial score (nSPS) is 15.7. The summed E-state index contributed by atoms with van der Waals surface area (Å²) in [6.07, 6.45) is 3.15. The Kier molecular flexibility index (Phi) is 6.42. The van der Waals surface area contributed by atoms with Crippen molar-refractivity contribution in [2.75, 3.05) is 6.61 Å². The quantitative estimate of drug-likeness (QED) is 0.780. The van der Waals surface area contributed by atoms with Crippen LogP contribution in [0.5, 0.6) is 0 Å². The standard InChI is InChI=1S/C21H28N2O3/c1-14(2)16-7-8-17(18(11-16)15(3)4)20(25)26-12-19(24)23-21(13-22)9-5-6-10-21/h7-8,11,14-15H,5-6,9-10,12H2,1-4H3,(H,23,24). The Balaban J connectivity index is 2.03. The second-order valence-electron chi connectivity index (χ2n) is 7.68. The van der Waals surface area contributed by atoms with Crippen molar-refractivity contribution in [3.8, 4) is 6.07 Å². The van der Waals surface area contributed by atoms with Crippen LogP contribution in [0.25, 0.3) is 0 Å². The number of carbonyl (C=O) groups excluding carboxylic acids is 2. The fourth-order valence-electron chi connectivity index (χ4n) is 3.36. The Bertz CT molecular complexity index is 710. The van der Waals surface area contributed by atoms with Gasteiger partial charge in [0.15, 0.2) is 6.61 Å². The molecular formula is C21H28N2O3. The van der Waals surface area contributed by atoms with Crippen molar-refractivity contribution < 1.29 is 14.3 Å². The number of carbonyl (C=O) groups is 2. The summed E-state index contributed by atoms with van der Waals surface area (Å²) >= 11 is 0. The molecule has 0 radical (unpaired) electrons. The highest BCUT2D eigenvalue weighted by Gasteiger charge is 2.35. The van der Waals surface area contributed by atoms with E-state index in [1.807, 2.05) is 26.0 Å². The first kappa shape index (κ1) is 20.0. The van der Waals surface area contributed by atoms with Gasteiger partial charge in [0.2, 0.25) is 0 Å². The number of nitrogens with zero attached hydrogens (tertiary/aromatic N) is 1. The molecule has 26 heavy (non-hydrogen) atoms. The predicted octanol–water partition coefficient (Wildman–Crippen LogP) is 4.04. The highest BCUT2D eigenvalue weighted by atomic mass is 16.5. The van der Waals surface area contributed by atoms with Gasteiger partial charge in [-0.2, -0.15) is 5.26 Å². The first-order valence-electron chi connectivity index (χ1n) is 9.31. The number of hydrogen-bond acceptors (Lipinski definition) is 4. The highest BCUT2D eigenvalue weighted by molar-refractivity contribution is 5.93. The average molecular weight is 356 g/mol. The van der Waals surface area contributed by atoms with Crippen molar-refractivity contribution in [1.29, 1.82) is 5.26 Å². The third-order valence-corrected chi connectivity index (χ3v) is 4.97. The molecule has 0 spiro atoms. The fraction of sp³-hybridized carbons (Fsp3) is 0.571. The van der Waals surface area contributed by atoms with E-state index in [1.54, 1.807) is 6.07 Å². The van der Waals surface area contributed by atoms with Gasteiger partial charge < -0.3 is 10.1 Å². The van der Waals surface area contributed by atoms with E-state index in [0.29, 0.717) is 24.3 Å².